The number of allylic oxidation sites excluding steroid dienone is 2. The number of Topliss-reactive ketones (excluding diaryl/α,β-unsaturated/α-hetero) is 1. The second-order valence-electron chi connectivity index (χ2n) is 3.55. The number of ketones is 1. The Morgan fingerprint density at radius 1 is 1.33 bits per heavy atom. The van der Waals surface area contributed by atoms with E-state index in [1.807, 2.05) is 0 Å². The molecule has 12 heavy (non-hydrogen) atoms. The van der Waals surface area contributed by atoms with Gasteiger partial charge in [-0.1, -0.05) is 13.8 Å². The van der Waals surface area contributed by atoms with Crippen molar-refractivity contribution in [3.63, 3.8) is 0 Å². The average Bonchev–Trinajstić information content (AvgIpc) is 1.84. The van der Waals surface area contributed by atoms with Gasteiger partial charge in [0.05, 0.1) is 5.76 Å². The maximum absolute atomic E-state index is 11.0. The third-order valence-corrected chi connectivity index (χ3v) is 1.83. The predicted octanol–water partition coefficient (Wildman–Crippen LogP) is 2.84. The number of hydrogen-bond acceptors (Lipinski definition) is 2. The molecule has 0 spiro atoms. The van der Waals surface area contributed by atoms with E-state index >= 15 is 0 Å². The van der Waals surface area contributed by atoms with E-state index in [9.17, 15) is 4.79 Å². The first-order chi connectivity index (χ1) is 5.45. The number of hydrogen-bond donors (Lipinski definition) is 1. The molecule has 0 saturated carbocycles. The molecule has 0 bridgehead atoms. The highest BCUT2D eigenvalue weighted by Gasteiger charge is 2.08. The highest BCUT2D eigenvalue weighted by Crippen LogP contribution is 2.14. The van der Waals surface area contributed by atoms with Crippen LogP contribution in [0.2, 0.25) is 0 Å². The molecule has 0 aromatic carbocycles. The fourth-order valence-corrected chi connectivity index (χ4v) is 1.04. The van der Waals surface area contributed by atoms with Gasteiger partial charge in [-0.05, 0) is 32.6 Å². The van der Waals surface area contributed by atoms with Crippen LogP contribution < -0.4 is 0 Å². The third kappa shape index (κ3) is 4.16. The zero-order valence-corrected chi connectivity index (χ0v) is 8.35. The van der Waals surface area contributed by atoms with Crippen LogP contribution in [-0.4, -0.2) is 10.9 Å². The summed E-state index contributed by atoms with van der Waals surface area (Å²) in [7, 11) is 0. The van der Waals surface area contributed by atoms with Gasteiger partial charge in [0, 0.05) is 5.57 Å². The molecule has 2 nitrogen and oxygen atoms in total. The van der Waals surface area contributed by atoms with Crippen LogP contribution in [-0.2, 0) is 4.79 Å². The summed E-state index contributed by atoms with van der Waals surface area (Å²) in [6, 6.07) is 0. The van der Waals surface area contributed by atoms with Crippen LogP contribution in [0.5, 0.6) is 0 Å². The van der Waals surface area contributed by atoms with Crippen molar-refractivity contribution < 1.29 is 9.90 Å². The fourth-order valence-electron chi connectivity index (χ4n) is 1.04. The van der Waals surface area contributed by atoms with Crippen molar-refractivity contribution >= 4 is 5.78 Å². The maximum atomic E-state index is 11.0. The lowest BCUT2D eigenvalue weighted by atomic mass is 10.00. The zero-order valence-electron chi connectivity index (χ0n) is 8.35. The summed E-state index contributed by atoms with van der Waals surface area (Å²) in [4.78, 5) is 11.0. The standard InChI is InChI=1S/C10H18O2/c1-7(2)5-6-10(8(3)11)9(4)12/h7,11H,5-6H2,1-4H3/b10-8-. The summed E-state index contributed by atoms with van der Waals surface area (Å²) in [6.45, 7) is 7.27. The smallest absolute Gasteiger partial charge is 0.159 e. The van der Waals surface area contributed by atoms with Gasteiger partial charge in [-0.15, -0.1) is 0 Å². The molecule has 0 rings (SSSR count). The van der Waals surface area contributed by atoms with E-state index in [4.69, 9.17) is 5.11 Å². The monoisotopic (exact) mass is 170 g/mol. The zero-order chi connectivity index (χ0) is 9.72. The summed E-state index contributed by atoms with van der Waals surface area (Å²) in [5.41, 5.74) is 0.573. The van der Waals surface area contributed by atoms with Crippen molar-refractivity contribution in [2.75, 3.05) is 0 Å². The molecule has 0 atom stereocenters. The summed E-state index contributed by atoms with van der Waals surface area (Å²) in [5, 5.41) is 9.15. The van der Waals surface area contributed by atoms with Crippen LogP contribution in [0.15, 0.2) is 11.3 Å². The number of aliphatic hydroxyl groups is 1. The van der Waals surface area contributed by atoms with Crippen LogP contribution in [0.4, 0.5) is 0 Å². The van der Waals surface area contributed by atoms with Gasteiger partial charge < -0.3 is 5.11 Å². The lowest BCUT2D eigenvalue weighted by Crippen LogP contribution is -2.02. The van der Waals surface area contributed by atoms with Gasteiger partial charge in [-0.25, -0.2) is 0 Å². The summed E-state index contributed by atoms with van der Waals surface area (Å²) in [6.07, 6.45) is 1.64. The van der Waals surface area contributed by atoms with E-state index in [1.165, 1.54) is 6.92 Å². The molecule has 0 aliphatic heterocycles. The Labute approximate surface area is 74.3 Å². The van der Waals surface area contributed by atoms with Crippen molar-refractivity contribution in [1.29, 1.82) is 0 Å². The Kier molecular flexibility index (Phi) is 4.64. The molecule has 0 aliphatic carbocycles. The van der Waals surface area contributed by atoms with Gasteiger partial charge in [0.2, 0.25) is 0 Å². The van der Waals surface area contributed by atoms with E-state index in [1.54, 1.807) is 6.92 Å². The largest absolute Gasteiger partial charge is 0.512 e. The Balaban J connectivity index is 4.18. The molecule has 0 amide bonds. The Bertz CT molecular complexity index is 186. The lowest BCUT2D eigenvalue weighted by molar-refractivity contribution is -0.113. The Hall–Kier alpha value is -0.790. The number of rotatable bonds is 4. The molecule has 0 heterocycles. The molecular formula is C10H18O2. The summed E-state index contributed by atoms with van der Waals surface area (Å²) in [5.74, 6) is 0.720. The quantitative estimate of drug-likeness (QED) is 0.520. The van der Waals surface area contributed by atoms with Crippen molar-refractivity contribution in [1.82, 2.24) is 0 Å². The second kappa shape index (κ2) is 4.96. The summed E-state index contributed by atoms with van der Waals surface area (Å²) >= 11 is 0. The minimum atomic E-state index is -0.0179. The molecule has 0 aliphatic rings. The minimum absolute atomic E-state index is 0.0179. The maximum Gasteiger partial charge on any atom is 0.159 e. The molecule has 0 aromatic rings. The minimum Gasteiger partial charge on any atom is -0.512 e. The van der Waals surface area contributed by atoms with Crippen LogP contribution >= 0.6 is 0 Å². The van der Waals surface area contributed by atoms with Crippen molar-refractivity contribution in [3.05, 3.63) is 11.3 Å². The van der Waals surface area contributed by atoms with Crippen LogP contribution in [0.3, 0.4) is 0 Å². The SMILES string of the molecule is CC(=O)/C(CCC(C)C)=C(/C)O. The Morgan fingerprint density at radius 2 is 1.83 bits per heavy atom. The van der Waals surface area contributed by atoms with Gasteiger partial charge in [-0.2, -0.15) is 0 Å². The first-order valence-electron chi connectivity index (χ1n) is 4.34. The van der Waals surface area contributed by atoms with Gasteiger partial charge in [0.15, 0.2) is 5.78 Å². The van der Waals surface area contributed by atoms with E-state index in [0.29, 0.717) is 17.9 Å². The van der Waals surface area contributed by atoms with Gasteiger partial charge in [0.1, 0.15) is 0 Å². The molecule has 0 saturated heterocycles. The van der Waals surface area contributed by atoms with E-state index in [0.717, 1.165) is 6.42 Å². The molecule has 0 radical (unpaired) electrons. The molecule has 0 unspecified atom stereocenters. The lowest BCUT2D eigenvalue weighted by Gasteiger charge is -2.06. The first-order valence-corrected chi connectivity index (χ1v) is 4.34. The first kappa shape index (κ1) is 11.2. The third-order valence-electron chi connectivity index (χ3n) is 1.83. The predicted molar refractivity (Wildman–Crippen MR) is 50.1 cm³/mol. The Morgan fingerprint density at radius 3 is 2.08 bits per heavy atom. The van der Waals surface area contributed by atoms with E-state index < -0.39 is 0 Å². The molecule has 0 aromatic heterocycles. The van der Waals surface area contributed by atoms with Gasteiger partial charge >= 0.3 is 0 Å². The molecule has 1 N–H and O–H groups in total. The van der Waals surface area contributed by atoms with E-state index in [-0.39, 0.29) is 11.5 Å². The average molecular weight is 170 g/mol. The molecule has 70 valence electrons. The van der Waals surface area contributed by atoms with Crippen LogP contribution in [0, 0.1) is 5.92 Å². The van der Waals surface area contributed by atoms with Crippen molar-refractivity contribution in [3.8, 4) is 0 Å². The summed E-state index contributed by atoms with van der Waals surface area (Å²) < 4.78 is 0. The van der Waals surface area contributed by atoms with Crippen LogP contribution in [0.1, 0.15) is 40.5 Å². The number of aliphatic hydroxyl groups excluding tert-OH is 1. The highest BCUT2D eigenvalue weighted by atomic mass is 16.3. The fraction of sp³-hybridized carbons (Fsp3) is 0.700. The number of carbonyl (C=O) groups is 1. The molecular weight excluding hydrogens is 152 g/mol. The topological polar surface area (TPSA) is 37.3 Å². The van der Waals surface area contributed by atoms with Crippen molar-refractivity contribution in [2.45, 2.75) is 40.5 Å². The highest BCUT2D eigenvalue weighted by molar-refractivity contribution is 5.93. The number of carbonyl (C=O) groups excluding carboxylic acids is 1. The second-order valence-corrected chi connectivity index (χ2v) is 3.55. The van der Waals surface area contributed by atoms with Crippen molar-refractivity contribution in [2.24, 2.45) is 5.92 Å². The molecule has 2 heteroatoms. The molecule has 0 fully saturated rings. The van der Waals surface area contributed by atoms with Crippen LogP contribution in [0.25, 0.3) is 0 Å². The van der Waals surface area contributed by atoms with Gasteiger partial charge in [-0.3, -0.25) is 4.79 Å². The van der Waals surface area contributed by atoms with E-state index in [2.05, 4.69) is 13.8 Å². The van der Waals surface area contributed by atoms with Gasteiger partial charge in [0.25, 0.3) is 0 Å². The normalized spacial score (nSPS) is 13.1.